The molecule has 13 heavy (non-hydrogen) atoms. The van der Waals surface area contributed by atoms with Crippen LogP contribution in [0.15, 0.2) is 0 Å². The fraction of sp³-hybridized carbons (Fsp3) is 0.714. The number of nitriles is 1. The number of hydrogen-bond acceptors (Lipinski definition) is 5. The van der Waals surface area contributed by atoms with Gasteiger partial charge in [-0.15, -0.1) is 0 Å². The van der Waals surface area contributed by atoms with E-state index in [1.807, 2.05) is 0 Å². The minimum absolute atomic E-state index is 0.103. The molecule has 74 valence electrons. The number of ether oxygens (including phenoxy) is 1. The van der Waals surface area contributed by atoms with Crippen LogP contribution >= 0.6 is 0 Å². The Hall–Kier alpha value is -1.16. The molecular formula is C7H12N2O4. The second kappa shape index (κ2) is 8.93. The smallest absolute Gasteiger partial charge is 0.234 e. The van der Waals surface area contributed by atoms with Crippen LogP contribution in [0.4, 0.5) is 0 Å². The zero-order chi connectivity index (χ0) is 9.94. The van der Waals surface area contributed by atoms with Gasteiger partial charge in [-0.25, -0.2) is 4.89 Å². The van der Waals surface area contributed by atoms with Gasteiger partial charge in [0.15, 0.2) is 0 Å². The molecule has 0 bridgehead atoms. The zero-order valence-electron chi connectivity index (χ0n) is 7.15. The average molecular weight is 188 g/mol. The maximum atomic E-state index is 10.7. The summed E-state index contributed by atoms with van der Waals surface area (Å²) in [7, 11) is 0. The van der Waals surface area contributed by atoms with E-state index in [2.05, 4.69) is 10.2 Å². The molecule has 6 nitrogen and oxygen atoms in total. The predicted octanol–water partition coefficient (Wildman–Crippen LogP) is -0.478. The van der Waals surface area contributed by atoms with Crippen molar-refractivity contribution in [3.8, 4) is 6.07 Å². The van der Waals surface area contributed by atoms with Crippen LogP contribution in [0.3, 0.4) is 0 Å². The maximum absolute atomic E-state index is 10.7. The molecule has 0 aromatic heterocycles. The lowest BCUT2D eigenvalue weighted by Crippen LogP contribution is -2.26. The number of nitrogens with one attached hydrogen (secondary N) is 1. The fourth-order valence-electron chi connectivity index (χ4n) is 0.595. The predicted molar refractivity (Wildman–Crippen MR) is 42.6 cm³/mol. The largest absolute Gasteiger partial charge is 0.377 e. The van der Waals surface area contributed by atoms with Crippen molar-refractivity contribution in [2.45, 2.75) is 6.42 Å². The first kappa shape index (κ1) is 11.8. The second-order valence-corrected chi connectivity index (χ2v) is 2.13. The van der Waals surface area contributed by atoms with Gasteiger partial charge in [-0.2, -0.15) is 5.26 Å². The SMILES string of the molecule is N#CCC(=O)NCCOCCOO. The number of hydrogen-bond donors (Lipinski definition) is 2. The van der Waals surface area contributed by atoms with E-state index in [4.69, 9.17) is 15.3 Å². The van der Waals surface area contributed by atoms with Crippen LogP contribution in [-0.2, 0) is 14.4 Å². The fourth-order valence-corrected chi connectivity index (χ4v) is 0.595. The van der Waals surface area contributed by atoms with Crippen LogP contribution in [0.2, 0.25) is 0 Å². The number of amides is 1. The molecule has 0 atom stereocenters. The van der Waals surface area contributed by atoms with Crippen molar-refractivity contribution in [1.82, 2.24) is 5.32 Å². The van der Waals surface area contributed by atoms with Gasteiger partial charge in [0.1, 0.15) is 13.0 Å². The molecule has 0 radical (unpaired) electrons. The van der Waals surface area contributed by atoms with Crippen molar-refractivity contribution >= 4 is 5.91 Å². The highest BCUT2D eigenvalue weighted by Gasteiger charge is 1.97. The topological polar surface area (TPSA) is 91.6 Å². The van der Waals surface area contributed by atoms with E-state index in [-0.39, 0.29) is 25.5 Å². The summed E-state index contributed by atoms with van der Waals surface area (Å²) in [5.41, 5.74) is 0. The molecule has 0 aliphatic rings. The molecule has 0 aliphatic heterocycles. The molecule has 0 aromatic carbocycles. The summed E-state index contributed by atoms with van der Waals surface area (Å²) in [6, 6.07) is 1.72. The van der Waals surface area contributed by atoms with Gasteiger partial charge < -0.3 is 10.1 Å². The van der Waals surface area contributed by atoms with Crippen molar-refractivity contribution in [3.05, 3.63) is 0 Å². The Bertz CT molecular complexity index is 178. The second-order valence-electron chi connectivity index (χ2n) is 2.13. The van der Waals surface area contributed by atoms with Crippen molar-refractivity contribution in [2.75, 3.05) is 26.4 Å². The molecule has 0 unspecified atom stereocenters. The summed E-state index contributed by atoms with van der Waals surface area (Å²) in [5.74, 6) is -0.315. The monoisotopic (exact) mass is 188 g/mol. The summed E-state index contributed by atoms with van der Waals surface area (Å²) >= 11 is 0. The lowest BCUT2D eigenvalue weighted by atomic mass is 10.4. The molecule has 0 aromatic rings. The molecule has 2 N–H and O–H groups in total. The number of carbonyl (C=O) groups excluding carboxylic acids is 1. The highest BCUT2D eigenvalue weighted by atomic mass is 17.1. The van der Waals surface area contributed by atoms with Gasteiger partial charge in [0, 0.05) is 6.54 Å². The Morgan fingerprint density at radius 1 is 1.46 bits per heavy atom. The lowest BCUT2D eigenvalue weighted by molar-refractivity contribution is -0.249. The van der Waals surface area contributed by atoms with Crippen LogP contribution in [-0.4, -0.2) is 37.5 Å². The third-order valence-electron chi connectivity index (χ3n) is 1.13. The first-order valence-corrected chi connectivity index (χ1v) is 3.79. The average Bonchev–Trinajstić information content (AvgIpc) is 2.11. The molecule has 0 heterocycles. The van der Waals surface area contributed by atoms with E-state index in [0.29, 0.717) is 13.2 Å². The first-order valence-electron chi connectivity index (χ1n) is 3.79. The summed E-state index contributed by atoms with van der Waals surface area (Å²) in [6.07, 6.45) is -0.139. The minimum atomic E-state index is -0.315. The van der Waals surface area contributed by atoms with E-state index in [1.54, 1.807) is 6.07 Å². The molecule has 0 aliphatic carbocycles. The van der Waals surface area contributed by atoms with Crippen LogP contribution in [0.5, 0.6) is 0 Å². The number of carbonyl (C=O) groups is 1. The molecule has 0 fully saturated rings. The minimum Gasteiger partial charge on any atom is -0.377 e. The van der Waals surface area contributed by atoms with Gasteiger partial charge in [0.05, 0.1) is 19.3 Å². The highest BCUT2D eigenvalue weighted by molar-refractivity contribution is 5.77. The third-order valence-corrected chi connectivity index (χ3v) is 1.13. The van der Waals surface area contributed by atoms with E-state index in [0.717, 1.165) is 0 Å². The normalized spacial score (nSPS) is 9.23. The van der Waals surface area contributed by atoms with Gasteiger partial charge in [-0.05, 0) is 0 Å². The molecule has 0 saturated heterocycles. The lowest BCUT2D eigenvalue weighted by Gasteiger charge is -2.03. The van der Waals surface area contributed by atoms with Crippen molar-refractivity contribution < 1.29 is 19.7 Å². The Labute approximate surface area is 76.0 Å². The van der Waals surface area contributed by atoms with Crippen molar-refractivity contribution in [1.29, 1.82) is 5.26 Å². The van der Waals surface area contributed by atoms with Crippen LogP contribution in [0.1, 0.15) is 6.42 Å². The van der Waals surface area contributed by atoms with Gasteiger partial charge in [0.2, 0.25) is 5.91 Å². The van der Waals surface area contributed by atoms with E-state index in [9.17, 15) is 4.79 Å². The van der Waals surface area contributed by atoms with Crippen LogP contribution in [0.25, 0.3) is 0 Å². The zero-order valence-corrected chi connectivity index (χ0v) is 7.15. The van der Waals surface area contributed by atoms with E-state index < -0.39 is 0 Å². The standard InChI is InChI=1S/C7H12N2O4/c8-2-1-7(10)9-3-4-12-5-6-13-11/h11H,1,3-6H2,(H,9,10). The first-order chi connectivity index (χ1) is 6.31. The molecule has 0 saturated carbocycles. The quantitative estimate of drug-likeness (QED) is 0.320. The Morgan fingerprint density at radius 3 is 2.85 bits per heavy atom. The Morgan fingerprint density at radius 2 is 2.23 bits per heavy atom. The summed E-state index contributed by atoms with van der Waals surface area (Å²) in [5, 5.41) is 18.5. The van der Waals surface area contributed by atoms with Gasteiger partial charge in [-0.3, -0.25) is 10.1 Å². The molecular weight excluding hydrogens is 176 g/mol. The maximum Gasteiger partial charge on any atom is 0.234 e. The van der Waals surface area contributed by atoms with Crippen LogP contribution < -0.4 is 5.32 Å². The van der Waals surface area contributed by atoms with Gasteiger partial charge >= 0.3 is 0 Å². The van der Waals surface area contributed by atoms with Gasteiger partial charge in [0.25, 0.3) is 0 Å². The molecule has 6 heteroatoms. The third kappa shape index (κ3) is 8.75. The summed E-state index contributed by atoms with van der Waals surface area (Å²) < 4.78 is 4.92. The van der Waals surface area contributed by atoms with Gasteiger partial charge in [-0.1, -0.05) is 0 Å². The molecule has 0 rings (SSSR count). The van der Waals surface area contributed by atoms with E-state index in [1.165, 1.54) is 0 Å². The number of nitrogens with zero attached hydrogens (tertiary/aromatic N) is 1. The van der Waals surface area contributed by atoms with Crippen molar-refractivity contribution in [2.24, 2.45) is 0 Å². The van der Waals surface area contributed by atoms with Crippen molar-refractivity contribution in [3.63, 3.8) is 0 Å². The molecule has 1 amide bonds. The summed E-state index contributed by atoms with van der Waals surface area (Å²) in [4.78, 5) is 14.4. The Balaban J connectivity index is 3.08. The number of rotatable bonds is 7. The highest BCUT2D eigenvalue weighted by Crippen LogP contribution is 1.77. The summed E-state index contributed by atoms with van der Waals surface area (Å²) in [6.45, 7) is 1.06. The van der Waals surface area contributed by atoms with Crippen LogP contribution in [0, 0.1) is 11.3 Å². The van der Waals surface area contributed by atoms with E-state index >= 15 is 0 Å². The Kier molecular flexibility index (Phi) is 8.14. The molecule has 0 spiro atoms.